The highest BCUT2D eigenvalue weighted by molar-refractivity contribution is 5.89. The van der Waals surface area contributed by atoms with Gasteiger partial charge in [0.05, 0.1) is 0 Å². The molecule has 0 radical (unpaired) electrons. The number of methoxy groups -OCH3 is 1. The summed E-state index contributed by atoms with van der Waals surface area (Å²) in [5.41, 5.74) is -0.533. The van der Waals surface area contributed by atoms with Crippen LogP contribution in [0.3, 0.4) is 0 Å². The Bertz CT molecular complexity index is 177. The lowest BCUT2D eigenvalue weighted by Gasteiger charge is -2.27. The molecule has 0 saturated heterocycles. The van der Waals surface area contributed by atoms with Crippen molar-refractivity contribution in [3.05, 3.63) is 0 Å². The van der Waals surface area contributed by atoms with E-state index in [0.29, 0.717) is 5.78 Å². The summed E-state index contributed by atoms with van der Waals surface area (Å²) in [6.45, 7) is 3.92. The Morgan fingerprint density at radius 1 is 1.46 bits per heavy atom. The molecule has 13 heavy (non-hydrogen) atoms. The molecule has 1 unspecified atom stereocenters. The molecule has 0 amide bonds. The molecule has 0 aromatic rings. The van der Waals surface area contributed by atoms with Gasteiger partial charge in [-0.15, -0.1) is 0 Å². The van der Waals surface area contributed by atoms with E-state index >= 15 is 0 Å². The van der Waals surface area contributed by atoms with Gasteiger partial charge in [-0.05, 0) is 26.2 Å². The first-order valence-electron chi connectivity index (χ1n) is 5.23. The summed E-state index contributed by atoms with van der Waals surface area (Å²) >= 11 is 0. The van der Waals surface area contributed by atoms with Crippen molar-refractivity contribution in [3.8, 4) is 0 Å². The molecule has 0 aliphatic heterocycles. The molecule has 0 aromatic carbocycles. The molecule has 1 saturated carbocycles. The lowest BCUT2D eigenvalue weighted by Crippen LogP contribution is -2.40. The van der Waals surface area contributed by atoms with Crippen molar-refractivity contribution < 1.29 is 9.53 Å². The SMILES string of the molecule is CCC(C)(OC)C(=O)C1CCCC1. The number of ether oxygens (including phenoxy) is 1. The van der Waals surface area contributed by atoms with Crippen LogP contribution in [0, 0.1) is 5.92 Å². The topological polar surface area (TPSA) is 26.3 Å². The fourth-order valence-electron chi connectivity index (χ4n) is 2.04. The fraction of sp³-hybridized carbons (Fsp3) is 0.909. The van der Waals surface area contributed by atoms with Crippen LogP contribution in [0.15, 0.2) is 0 Å². The van der Waals surface area contributed by atoms with Gasteiger partial charge < -0.3 is 4.74 Å². The molecule has 0 spiro atoms. The molecule has 1 aliphatic rings. The van der Waals surface area contributed by atoms with E-state index < -0.39 is 5.60 Å². The second-order valence-electron chi connectivity index (χ2n) is 4.13. The Balaban J connectivity index is 2.63. The minimum Gasteiger partial charge on any atom is -0.371 e. The number of rotatable bonds is 4. The zero-order valence-corrected chi connectivity index (χ0v) is 8.93. The summed E-state index contributed by atoms with van der Waals surface area (Å²) in [6.07, 6.45) is 5.33. The van der Waals surface area contributed by atoms with Crippen molar-refractivity contribution in [3.63, 3.8) is 0 Å². The van der Waals surface area contributed by atoms with Crippen molar-refractivity contribution >= 4 is 5.78 Å². The Hall–Kier alpha value is -0.370. The van der Waals surface area contributed by atoms with E-state index in [1.54, 1.807) is 7.11 Å². The average Bonchev–Trinajstić information content (AvgIpc) is 2.68. The summed E-state index contributed by atoms with van der Waals surface area (Å²) in [4.78, 5) is 12.0. The molecular formula is C11H20O2. The maximum Gasteiger partial charge on any atom is 0.167 e. The average molecular weight is 184 g/mol. The van der Waals surface area contributed by atoms with Crippen LogP contribution >= 0.6 is 0 Å². The number of Topliss-reactive ketones (excluding diaryl/α,β-unsaturated/α-hetero) is 1. The van der Waals surface area contributed by atoms with Gasteiger partial charge in [0, 0.05) is 13.0 Å². The first kappa shape index (κ1) is 10.7. The highest BCUT2D eigenvalue weighted by atomic mass is 16.5. The number of ketones is 1. The Labute approximate surface area is 80.7 Å². The second kappa shape index (κ2) is 4.23. The second-order valence-corrected chi connectivity index (χ2v) is 4.13. The molecule has 1 fully saturated rings. The van der Waals surface area contributed by atoms with E-state index in [9.17, 15) is 4.79 Å². The largest absolute Gasteiger partial charge is 0.371 e. The highest BCUT2D eigenvalue weighted by Crippen LogP contribution is 2.31. The van der Waals surface area contributed by atoms with E-state index in [1.165, 1.54) is 12.8 Å². The lowest BCUT2D eigenvalue weighted by atomic mass is 9.87. The van der Waals surface area contributed by atoms with Gasteiger partial charge in [-0.25, -0.2) is 0 Å². The van der Waals surface area contributed by atoms with Crippen LogP contribution in [0.2, 0.25) is 0 Å². The normalized spacial score (nSPS) is 23.0. The third-order valence-electron chi connectivity index (χ3n) is 3.37. The number of carbonyl (C=O) groups is 1. The van der Waals surface area contributed by atoms with Crippen LogP contribution < -0.4 is 0 Å². The first-order chi connectivity index (χ1) is 6.14. The lowest BCUT2D eigenvalue weighted by molar-refractivity contribution is -0.143. The predicted molar refractivity (Wildman–Crippen MR) is 52.7 cm³/mol. The van der Waals surface area contributed by atoms with Gasteiger partial charge >= 0.3 is 0 Å². The molecule has 1 atom stereocenters. The molecule has 0 aromatic heterocycles. The maximum absolute atomic E-state index is 12.0. The van der Waals surface area contributed by atoms with E-state index in [1.807, 2.05) is 13.8 Å². The monoisotopic (exact) mass is 184 g/mol. The quantitative estimate of drug-likeness (QED) is 0.671. The minimum absolute atomic E-state index is 0.268. The maximum atomic E-state index is 12.0. The molecule has 1 rings (SSSR count). The summed E-state index contributed by atoms with van der Waals surface area (Å²) in [6, 6.07) is 0. The summed E-state index contributed by atoms with van der Waals surface area (Å²) in [7, 11) is 1.64. The van der Waals surface area contributed by atoms with E-state index in [0.717, 1.165) is 19.3 Å². The van der Waals surface area contributed by atoms with Gasteiger partial charge in [0.2, 0.25) is 0 Å². The summed E-state index contributed by atoms with van der Waals surface area (Å²) in [5, 5.41) is 0. The summed E-state index contributed by atoms with van der Waals surface area (Å²) in [5.74, 6) is 0.583. The van der Waals surface area contributed by atoms with Crippen molar-refractivity contribution in [1.29, 1.82) is 0 Å². The molecule has 2 heteroatoms. The molecule has 0 heterocycles. The van der Waals surface area contributed by atoms with E-state index in [-0.39, 0.29) is 5.92 Å². The summed E-state index contributed by atoms with van der Waals surface area (Å²) < 4.78 is 5.31. The van der Waals surface area contributed by atoms with Crippen molar-refractivity contribution in [1.82, 2.24) is 0 Å². The fourth-order valence-corrected chi connectivity index (χ4v) is 2.04. The van der Waals surface area contributed by atoms with Gasteiger partial charge in [0.15, 0.2) is 5.78 Å². The Kier molecular flexibility index (Phi) is 3.48. The Morgan fingerprint density at radius 2 is 2.00 bits per heavy atom. The van der Waals surface area contributed by atoms with Crippen LogP contribution in [0.4, 0.5) is 0 Å². The highest BCUT2D eigenvalue weighted by Gasteiger charge is 2.37. The van der Waals surface area contributed by atoms with Gasteiger partial charge in [-0.1, -0.05) is 19.8 Å². The zero-order valence-electron chi connectivity index (χ0n) is 8.93. The van der Waals surface area contributed by atoms with Gasteiger partial charge in [0.25, 0.3) is 0 Å². The molecular weight excluding hydrogens is 164 g/mol. The third kappa shape index (κ3) is 2.11. The Morgan fingerprint density at radius 3 is 2.38 bits per heavy atom. The van der Waals surface area contributed by atoms with Crippen molar-refractivity contribution in [2.75, 3.05) is 7.11 Å². The molecule has 0 bridgehead atoms. The smallest absolute Gasteiger partial charge is 0.167 e. The van der Waals surface area contributed by atoms with Crippen LogP contribution in [-0.4, -0.2) is 18.5 Å². The number of hydrogen-bond acceptors (Lipinski definition) is 2. The number of carbonyl (C=O) groups excluding carboxylic acids is 1. The molecule has 2 nitrogen and oxygen atoms in total. The predicted octanol–water partition coefficient (Wildman–Crippen LogP) is 2.56. The van der Waals surface area contributed by atoms with Crippen LogP contribution in [-0.2, 0) is 9.53 Å². The first-order valence-corrected chi connectivity index (χ1v) is 5.23. The van der Waals surface area contributed by atoms with Gasteiger partial charge in [-0.2, -0.15) is 0 Å². The van der Waals surface area contributed by atoms with Crippen molar-refractivity contribution in [2.45, 2.75) is 51.6 Å². The van der Waals surface area contributed by atoms with Gasteiger partial charge in [0.1, 0.15) is 5.60 Å². The van der Waals surface area contributed by atoms with E-state index in [4.69, 9.17) is 4.74 Å². The van der Waals surface area contributed by atoms with Crippen molar-refractivity contribution in [2.24, 2.45) is 5.92 Å². The number of hydrogen-bond donors (Lipinski definition) is 0. The standard InChI is InChI=1S/C11H20O2/c1-4-11(2,13-3)10(12)9-7-5-6-8-9/h9H,4-8H2,1-3H3. The van der Waals surface area contributed by atoms with Crippen LogP contribution in [0.1, 0.15) is 46.0 Å². The molecule has 1 aliphatic carbocycles. The third-order valence-corrected chi connectivity index (χ3v) is 3.37. The molecule has 0 N–H and O–H groups in total. The minimum atomic E-state index is -0.533. The zero-order chi connectivity index (χ0) is 9.90. The van der Waals surface area contributed by atoms with Crippen LogP contribution in [0.5, 0.6) is 0 Å². The van der Waals surface area contributed by atoms with E-state index in [2.05, 4.69) is 0 Å². The van der Waals surface area contributed by atoms with Gasteiger partial charge in [-0.3, -0.25) is 4.79 Å². The van der Waals surface area contributed by atoms with Crippen LogP contribution in [0.25, 0.3) is 0 Å². The molecule has 76 valence electrons.